The number of hydrogen-bond acceptors (Lipinski definition) is 6. The molecule has 0 fully saturated rings. The van der Waals surface area contributed by atoms with Gasteiger partial charge in [0, 0.05) is 23.4 Å². The zero-order chi connectivity index (χ0) is 23.4. The minimum atomic E-state index is -0.337. The highest BCUT2D eigenvalue weighted by Crippen LogP contribution is 2.34. The molecule has 0 radical (unpaired) electrons. The van der Waals surface area contributed by atoms with Crippen LogP contribution in [0.15, 0.2) is 59.8 Å². The molecule has 0 unspecified atom stereocenters. The van der Waals surface area contributed by atoms with Gasteiger partial charge in [0.25, 0.3) is 0 Å². The summed E-state index contributed by atoms with van der Waals surface area (Å²) in [5, 5.41) is 8.04. The van der Waals surface area contributed by atoms with Gasteiger partial charge in [-0.25, -0.2) is 13.9 Å². The molecule has 0 aliphatic rings. The number of amides is 1. The van der Waals surface area contributed by atoms with E-state index >= 15 is 0 Å². The second-order valence-electron chi connectivity index (χ2n) is 7.26. The smallest absolute Gasteiger partial charge is 0.230 e. The summed E-state index contributed by atoms with van der Waals surface area (Å²) in [6.07, 6.45) is 1.74. The maximum Gasteiger partial charge on any atom is 0.230 e. The van der Waals surface area contributed by atoms with Gasteiger partial charge in [-0.2, -0.15) is 5.10 Å². The summed E-state index contributed by atoms with van der Waals surface area (Å²) in [7, 11) is 3.18. The Labute approximate surface area is 194 Å². The zero-order valence-corrected chi connectivity index (χ0v) is 19.3. The normalized spacial score (nSPS) is 10.9. The summed E-state index contributed by atoms with van der Waals surface area (Å²) in [6.45, 7) is 2.04. The number of halogens is 1. The molecule has 4 rings (SSSR count). The number of aromatic nitrogens is 3. The van der Waals surface area contributed by atoms with Crippen LogP contribution in [-0.4, -0.2) is 40.5 Å². The quantitative estimate of drug-likeness (QED) is 0.309. The number of aryl methyl sites for hydroxylation is 1. The molecule has 9 heteroatoms. The van der Waals surface area contributed by atoms with E-state index in [-0.39, 0.29) is 24.0 Å². The molecule has 0 saturated heterocycles. The van der Waals surface area contributed by atoms with E-state index in [9.17, 15) is 9.18 Å². The zero-order valence-electron chi connectivity index (χ0n) is 18.5. The summed E-state index contributed by atoms with van der Waals surface area (Å²) in [6, 6.07) is 13.9. The van der Waals surface area contributed by atoms with E-state index in [0.29, 0.717) is 22.7 Å². The molecular weight excluding hydrogens is 443 g/mol. The van der Waals surface area contributed by atoms with Crippen LogP contribution in [0.4, 0.5) is 4.39 Å². The topological polar surface area (TPSA) is 77.8 Å². The van der Waals surface area contributed by atoms with Crippen molar-refractivity contribution in [3.05, 3.63) is 71.8 Å². The van der Waals surface area contributed by atoms with Crippen molar-refractivity contribution < 1.29 is 18.7 Å². The van der Waals surface area contributed by atoms with Gasteiger partial charge in [-0.1, -0.05) is 36.0 Å². The van der Waals surface area contributed by atoms with Gasteiger partial charge >= 0.3 is 0 Å². The Balaban J connectivity index is 1.53. The first-order chi connectivity index (χ1) is 16.0. The summed E-state index contributed by atoms with van der Waals surface area (Å²) in [4.78, 5) is 17.0. The lowest BCUT2D eigenvalue weighted by Gasteiger charge is -2.10. The summed E-state index contributed by atoms with van der Waals surface area (Å²) < 4.78 is 26.2. The van der Waals surface area contributed by atoms with Crippen molar-refractivity contribution in [3.8, 4) is 22.6 Å². The van der Waals surface area contributed by atoms with Gasteiger partial charge in [-0.05, 0) is 36.8 Å². The molecular formula is C24H23FN4O3S. The third-order valence-electron chi connectivity index (χ3n) is 5.05. The average molecular weight is 467 g/mol. The van der Waals surface area contributed by atoms with Crippen LogP contribution in [0.25, 0.3) is 16.8 Å². The predicted molar refractivity (Wildman–Crippen MR) is 125 cm³/mol. The number of fused-ring (bicyclic) bond motifs is 1. The number of thioether (sulfide) groups is 1. The van der Waals surface area contributed by atoms with Crippen LogP contribution < -0.4 is 14.8 Å². The van der Waals surface area contributed by atoms with Gasteiger partial charge in [-0.3, -0.25) is 4.79 Å². The molecule has 7 nitrogen and oxygen atoms in total. The highest BCUT2D eigenvalue weighted by Gasteiger charge is 2.15. The Morgan fingerprint density at radius 2 is 1.91 bits per heavy atom. The second kappa shape index (κ2) is 9.91. The number of nitrogens with zero attached hydrogens (tertiary/aromatic N) is 3. The van der Waals surface area contributed by atoms with E-state index in [2.05, 4.69) is 15.4 Å². The molecule has 33 heavy (non-hydrogen) atoms. The standard InChI is InChI=1S/C24H23FN4O3S/c1-15-10-23(33-14-22(30)26-12-17-6-4-5-7-19(17)25)29-24(28-15)18(13-27-29)16-8-9-20(31-2)21(11-16)32-3/h4-11,13H,12,14H2,1-3H3,(H,26,30). The lowest BCUT2D eigenvalue weighted by Crippen LogP contribution is -2.25. The van der Waals surface area contributed by atoms with Crippen LogP contribution in [0, 0.1) is 12.7 Å². The predicted octanol–water partition coefficient (Wildman–Crippen LogP) is 4.27. The number of nitrogens with one attached hydrogen (secondary N) is 1. The Morgan fingerprint density at radius 1 is 1.12 bits per heavy atom. The van der Waals surface area contributed by atoms with Crippen molar-refractivity contribution in [2.24, 2.45) is 0 Å². The van der Waals surface area contributed by atoms with E-state index in [0.717, 1.165) is 21.8 Å². The van der Waals surface area contributed by atoms with Gasteiger partial charge in [0.15, 0.2) is 17.1 Å². The van der Waals surface area contributed by atoms with Crippen LogP contribution in [0.1, 0.15) is 11.3 Å². The minimum Gasteiger partial charge on any atom is -0.493 e. The van der Waals surface area contributed by atoms with Crippen LogP contribution >= 0.6 is 11.8 Å². The molecule has 1 N–H and O–H groups in total. The monoisotopic (exact) mass is 466 g/mol. The lowest BCUT2D eigenvalue weighted by molar-refractivity contribution is -0.118. The number of ether oxygens (including phenoxy) is 2. The maximum absolute atomic E-state index is 13.8. The Morgan fingerprint density at radius 3 is 2.67 bits per heavy atom. The third-order valence-corrected chi connectivity index (χ3v) is 6.04. The van der Waals surface area contributed by atoms with E-state index < -0.39 is 0 Å². The first kappa shape index (κ1) is 22.6. The molecule has 4 aromatic rings. The second-order valence-corrected chi connectivity index (χ2v) is 8.25. The Bertz CT molecular complexity index is 1310. The van der Waals surface area contributed by atoms with Gasteiger partial charge < -0.3 is 14.8 Å². The van der Waals surface area contributed by atoms with Gasteiger partial charge in [0.2, 0.25) is 5.91 Å². The number of carbonyl (C=O) groups is 1. The largest absolute Gasteiger partial charge is 0.493 e. The molecule has 2 aromatic carbocycles. The molecule has 0 bridgehead atoms. The molecule has 0 saturated carbocycles. The number of methoxy groups -OCH3 is 2. The summed E-state index contributed by atoms with van der Waals surface area (Å²) in [5.41, 5.74) is 3.66. The van der Waals surface area contributed by atoms with Crippen LogP contribution in [0.5, 0.6) is 11.5 Å². The Kier molecular flexibility index (Phi) is 6.79. The van der Waals surface area contributed by atoms with Crippen LogP contribution in [-0.2, 0) is 11.3 Å². The molecule has 2 aromatic heterocycles. The van der Waals surface area contributed by atoms with Crippen molar-refractivity contribution >= 4 is 23.3 Å². The van der Waals surface area contributed by atoms with E-state index in [1.165, 1.54) is 17.8 Å². The lowest BCUT2D eigenvalue weighted by atomic mass is 10.1. The van der Waals surface area contributed by atoms with E-state index in [1.54, 1.807) is 43.1 Å². The SMILES string of the molecule is COc1ccc(-c2cnn3c(SCC(=O)NCc4ccccc4F)cc(C)nc23)cc1OC. The maximum atomic E-state index is 13.8. The van der Waals surface area contributed by atoms with Gasteiger partial charge in [0.1, 0.15) is 10.8 Å². The van der Waals surface area contributed by atoms with Crippen molar-refractivity contribution in [3.63, 3.8) is 0 Å². The van der Waals surface area contributed by atoms with Crippen molar-refractivity contribution in [1.29, 1.82) is 0 Å². The fourth-order valence-corrected chi connectivity index (χ4v) is 4.28. The third kappa shape index (κ3) is 4.93. The minimum absolute atomic E-state index is 0.141. The van der Waals surface area contributed by atoms with Crippen molar-refractivity contribution in [2.75, 3.05) is 20.0 Å². The van der Waals surface area contributed by atoms with Crippen LogP contribution in [0.3, 0.4) is 0 Å². The fraction of sp³-hybridized carbons (Fsp3) is 0.208. The number of hydrogen-bond donors (Lipinski definition) is 1. The number of carbonyl (C=O) groups excluding carboxylic acids is 1. The van der Waals surface area contributed by atoms with Crippen molar-refractivity contribution in [2.45, 2.75) is 18.5 Å². The highest BCUT2D eigenvalue weighted by atomic mass is 32.2. The molecule has 1 amide bonds. The highest BCUT2D eigenvalue weighted by molar-refractivity contribution is 7.99. The number of benzene rings is 2. The van der Waals surface area contributed by atoms with E-state index in [1.807, 2.05) is 31.2 Å². The fourth-order valence-electron chi connectivity index (χ4n) is 3.39. The molecule has 0 atom stereocenters. The first-order valence-electron chi connectivity index (χ1n) is 10.2. The van der Waals surface area contributed by atoms with Gasteiger partial charge in [-0.15, -0.1) is 0 Å². The molecule has 0 spiro atoms. The van der Waals surface area contributed by atoms with Gasteiger partial charge in [0.05, 0.1) is 26.2 Å². The first-order valence-corrected chi connectivity index (χ1v) is 11.2. The molecule has 0 aliphatic heterocycles. The van der Waals surface area contributed by atoms with Crippen molar-refractivity contribution in [1.82, 2.24) is 19.9 Å². The summed E-state index contributed by atoms with van der Waals surface area (Å²) in [5.74, 6) is 0.885. The number of rotatable bonds is 8. The molecule has 170 valence electrons. The molecule has 0 aliphatic carbocycles. The average Bonchev–Trinajstić information content (AvgIpc) is 3.25. The van der Waals surface area contributed by atoms with Crippen LogP contribution in [0.2, 0.25) is 0 Å². The summed E-state index contributed by atoms with van der Waals surface area (Å²) >= 11 is 1.34. The molecule has 2 heterocycles. The van der Waals surface area contributed by atoms with E-state index in [4.69, 9.17) is 9.47 Å². The Hall–Kier alpha value is -3.59.